The van der Waals surface area contributed by atoms with Crippen molar-refractivity contribution in [1.29, 1.82) is 0 Å². The van der Waals surface area contributed by atoms with Gasteiger partial charge >= 0.3 is 0 Å². The summed E-state index contributed by atoms with van der Waals surface area (Å²) in [6.45, 7) is 0. The first-order chi connectivity index (χ1) is 0. The molecule has 0 heterocycles. The zero-order valence-electron chi connectivity index (χ0n) is 1.53. The van der Waals surface area contributed by atoms with Crippen molar-refractivity contribution in [3.63, 3.8) is 0 Å². The zero-order chi connectivity index (χ0) is 0. The molecule has 0 aliphatic carbocycles. The predicted molar refractivity (Wildman–Crippen MR) is 0 cm³/mol. The summed E-state index contributed by atoms with van der Waals surface area (Å²) in [5, 5.41) is 0. The smallest absolute Gasteiger partial charge is 0 e. The van der Waals surface area contributed by atoms with E-state index in [2.05, 4.69) is 0 Å². The Morgan fingerprint density at radius 3 is 0.500 bits per heavy atom. The monoisotopic (exact) mass is 219 g/mol. The molecule has 0 nitrogen and oxygen atoms in total. The van der Waals surface area contributed by atoms with E-state index < -0.39 is 0 Å². The third kappa shape index (κ3) is 8.84. The van der Waals surface area contributed by atoms with Gasteiger partial charge in [0.25, 0.3) is 0 Å². The van der Waals surface area contributed by atoms with Crippen LogP contribution in [-0.2, 0) is 75.3 Å². The third-order valence-corrected chi connectivity index (χ3v) is 0. The van der Waals surface area contributed by atoms with E-state index in [4.69, 9.17) is 0 Å². The summed E-state index contributed by atoms with van der Waals surface area (Å²) in [7, 11) is 0. The van der Waals surface area contributed by atoms with E-state index in [1.54, 1.807) is 0 Å². The Bertz CT molecular complexity index is 3.25. The first kappa shape index (κ1) is 32.9. The predicted octanol–water partition coefficient (Wildman–Crippen LogP) is -0.0100. The van der Waals surface area contributed by atoms with Crippen molar-refractivity contribution < 1.29 is 75.3 Å². The summed E-state index contributed by atoms with van der Waals surface area (Å²) < 4.78 is 0. The van der Waals surface area contributed by atoms with Gasteiger partial charge in [-0.3, -0.25) is 0 Å². The molecule has 0 amide bonds. The first-order valence-electron chi connectivity index (χ1n) is 0. The van der Waals surface area contributed by atoms with Gasteiger partial charge < -0.3 is 0 Å². The van der Waals surface area contributed by atoms with E-state index in [0.717, 1.165) is 0 Å². The van der Waals surface area contributed by atoms with Crippen LogP contribution in [0.5, 0.6) is 0 Å². The molecular formula is Ni3Sc. The SMILES string of the molecule is [Ni].[Ni].[Ni].[Sc]. The van der Waals surface area contributed by atoms with Crippen LogP contribution in [0.4, 0.5) is 0 Å². The molecular weight excluding hydrogens is 221 g/mol. The average molecular weight is 221 g/mol. The zero-order valence-corrected chi connectivity index (χ0v) is 6.29. The van der Waals surface area contributed by atoms with Gasteiger partial charge in [-0.05, 0) is 0 Å². The second kappa shape index (κ2) is 18.3. The van der Waals surface area contributed by atoms with Crippen molar-refractivity contribution in [3.05, 3.63) is 0 Å². The van der Waals surface area contributed by atoms with Gasteiger partial charge in [0.2, 0.25) is 0 Å². The van der Waals surface area contributed by atoms with Crippen LogP contribution in [-0.4, -0.2) is 0 Å². The fourth-order valence-electron chi connectivity index (χ4n) is 0. The maximum atomic E-state index is 0. The molecule has 0 aliphatic rings. The molecule has 0 saturated carbocycles. The van der Waals surface area contributed by atoms with Crippen LogP contribution in [0.15, 0.2) is 0 Å². The van der Waals surface area contributed by atoms with Gasteiger partial charge in [-0.25, -0.2) is 0 Å². The van der Waals surface area contributed by atoms with E-state index in [9.17, 15) is 0 Å². The minimum absolute atomic E-state index is 0. The molecule has 0 rings (SSSR count). The molecule has 4 heavy (non-hydrogen) atoms. The van der Waals surface area contributed by atoms with Crippen molar-refractivity contribution in [2.75, 3.05) is 0 Å². The van der Waals surface area contributed by atoms with Gasteiger partial charge in [-0.1, -0.05) is 0 Å². The molecule has 0 aliphatic heterocycles. The molecule has 0 aromatic carbocycles. The van der Waals surface area contributed by atoms with Gasteiger partial charge in [0.05, 0.1) is 0 Å². The van der Waals surface area contributed by atoms with Crippen molar-refractivity contribution in [3.8, 4) is 0 Å². The van der Waals surface area contributed by atoms with E-state index >= 15 is 0 Å². The van der Waals surface area contributed by atoms with Gasteiger partial charge in [-0.2, -0.15) is 0 Å². The minimum Gasteiger partial charge on any atom is 0 e. The van der Waals surface area contributed by atoms with Crippen LogP contribution < -0.4 is 0 Å². The molecule has 0 atom stereocenters. The van der Waals surface area contributed by atoms with Crippen molar-refractivity contribution >= 4 is 0 Å². The average Bonchev–Trinajstić information content (AvgIpc) is 0. The van der Waals surface area contributed by atoms with Crippen LogP contribution in [0.3, 0.4) is 0 Å². The summed E-state index contributed by atoms with van der Waals surface area (Å²) in [6, 6.07) is 0. The Hall–Kier alpha value is 2.35. The van der Waals surface area contributed by atoms with E-state index in [1.165, 1.54) is 0 Å². The Morgan fingerprint density at radius 1 is 0.500 bits per heavy atom. The second-order valence-corrected chi connectivity index (χ2v) is 0. The molecule has 0 aromatic rings. The second-order valence-electron chi connectivity index (χ2n) is 0. The Labute approximate surface area is 74.4 Å². The van der Waals surface area contributed by atoms with Crippen molar-refractivity contribution in [1.82, 2.24) is 0 Å². The van der Waals surface area contributed by atoms with Gasteiger partial charge in [0, 0.05) is 75.3 Å². The maximum absolute atomic E-state index is 0. The fourth-order valence-corrected chi connectivity index (χ4v) is 0. The maximum Gasteiger partial charge on any atom is 0 e. The van der Waals surface area contributed by atoms with E-state index in [0.29, 0.717) is 0 Å². The summed E-state index contributed by atoms with van der Waals surface area (Å²) in [4.78, 5) is 0. The number of hydrogen-bond acceptors (Lipinski definition) is 0. The molecule has 0 saturated heterocycles. The van der Waals surface area contributed by atoms with Gasteiger partial charge in [0.1, 0.15) is 0 Å². The van der Waals surface area contributed by atoms with Crippen LogP contribution in [0, 0.1) is 0 Å². The summed E-state index contributed by atoms with van der Waals surface area (Å²) in [5.41, 5.74) is 0. The Morgan fingerprint density at radius 2 is 0.500 bits per heavy atom. The van der Waals surface area contributed by atoms with Crippen LogP contribution in [0.25, 0.3) is 0 Å². The Balaban J connectivity index is 0. The Kier molecular flexibility index (Phi) is 151. The number of hydrogen-bond donors (Lipinski definition) is 0. The van der Waals surface area contributed by atoms with Gasteiger partial charge in [0.15, 0.2) is 0 Å². The van der Waals surface area contributed by atoms with E-state index in [-0.39, 0.29) is 75.3 Å². The van der Waals surface area contributed by atoms with Crippen LogP contribution >= 0.6 is 0 Å². The molecule has 0 N–H and O–H groups in total. The molecule has 0 fully saturated rings. The largest absolute Gasteiger partial charge is 0 e. The van der Waals surface area contributed by atoms with Crippen molar-refractivity contribution in [2.45, 2.75) is 0 Å². The van der Waals surface area contributed by atoms with E-state index in [1.807, 2.05) is 0 Å². The van der Waals surface area contributed by atoms with Crippen LogP contribution in [0.2, 0.25) is 0 Å². The summed E-state index contributed by atoms with van der Waals surface area (Å²) >= 11 is 0. The molecule has 0 spiro atoms. The summed E-state index contributed by atoms with van der Waals surface area (Å²) in [5.74, 6) is 0. The summed E-state index contributed by atoms with van der Waals surface area (Å²) in [6.07, 6.45) is 0. The van der Waals surface area contributed by atoms with Gasteiger partial charge in [-0.15, -0.1) is 0 Å². The topological polar surface area (TPSA) is 0 Å². The molecule has 0 aromatic heterocycles. The fraction of sp³-hybridized carbons (Fsp3) is 0. The molecule has 0 bridgehead atoms. The number of rotatable bonds is 0. The first-order valence-corrected chi connectivity index (χ1v) is 0. The normalized spacial score (nSPS) is 0. The molecule has 0 unspecified atom stereocenters. The van der Waals surface area contributed by atoms with Crippen molar-refractivity contribution in [2.24, 2.45) is 0 Å². The molecule has 33 valence electrons. The minimum atomic E-state index is 0. The molecule has 1 radical (unpaired) electrons. The van der Waals surface area contributed by atoms with Crippen LogP contribution in [0.1, 0.15) is 0 Å². The quantitative estimate of drug-likeness (QED) is 0.505. The third-order valence-electron chi connectivity index (χ3n) is 0. The molecule has 4 heteroatoms. The standard InChI is InChI=1S/3Ni.Sc.